The Morgan fingerprint density at radius 1 is 1.05 bits per heavy atom. The highest BCUT2D eigenvalue weighted by atomic mass is 16.5. The van der Waals surface area contributed by atoms with Gasteiger partial charge in [-0.15, -0.1) is 0 Å². The Morgan fingerprint density at radius 3 is 2.54 bits per heavy atom. The van der Waals surface area contributed by atoms with E-state index in [9.17, 15) is 0 Å². The molecule has 2 aliphatic rings. The van der Waals surface area contributed by atoms with Crippen LogP contribution < -0.4 is 16.2 Å². The summed E-state index contributed by atoms with van der Waals surface area (Å²) < 4.78 is 6.05. The van der Waals surface area contributed by atoms with Crippen molar-refractivity contribution in [2.24, 2.45) is 10.9 Å². The minimum atomic E-state index is 0.0708. The normalized spacial score (nSPS) is 18.7. The van der Waals surface area contributed by atoms with Crippen LogP contribution in [-0.4, -0.2) is 23.9 Å². The number of hydrogen-bond acceptors (Lipinski definition) is 5. The van der Waals surface area contributed by atoms with Gasteiger partial charge in [0.05, 0.1) is 5.69 Å². The first-order valence-corrected chi connectivity index (χ1v) is 13.0. The van der Waals surface area contributed by atoms with Gasteiger partial charge in [0.15, 0.2) is 5.84 Å². The molecule has 190 valence electrons. The molecule has 4 N–H and O–H groups in total. The summed E-state index contributed by atoms with van der Waals surface area (Å²) in [6, 6.07) is 25.8. The molecule has 0 spiro atoms. The lowest BCUT2D eigenvalue weighted by Gasteiger charge is -2.32. The van der Waals surface area contributed by atoms with Gasteiger partial charge in [-0.1, -0.05) is 78.8 Å². The van der Waals surface area contributed by atoms with E-state index < -0.39 is 0 Å². The second-order valence-electron chi connectivity index (χ2n) is 9.42. The number of fused-ring (bicyclic) bond motifs is 1. The third-order valence-electron chi connectivity index (χ3n) is 7.05. The van der Waals surface area contributed by atoms with Gasteiger partial charge in [-0.25, -0.2) is 5.43 Å². The highest BCUT2D eigenvalue weighted by Crippen LogP contribution is 2.38. The van der Waals surface area contributed by atoms with Gasteiger partial charge in [-0.2, -0.15) is 0 Å². The maximum atomic E-state index is 8.80. The summed E-state index contributed by atoms with van der Waals surface area (Å²) in [5.74, 6) is 0.0708. The predicted octanol–water partition coefficient (Wildman–Crippen LogP) is 6.17. The van der Waals surface area contributed by atoms with E-state index in [-0.39, 0.29) is 12.1 Å². The van der Waals surface area contributed by atoms with Crippen LogP contribution in [0, 0.1) is 0 Å². The maximum absolute atomic E-state index is 8.80. The van der Waals surface area contributed by atoms with Crippen LogP contribution in [0.5, 0.6) is 0 Å². The van der Waals surface area contributed by atoms with Gasteiger partial charge in [0.2, 0.25) is 0 Å². The van der Waals surface area contributed by atoms with Crippen molar-refractivity contribution in [3.8, 4) is 0 Å². The number of nitrogens with one attached hydrogen (secondary N) is 1. The Balaban J connectivity index is 1.56. The maximum Gasteiger partial charge on any atom is 0.162 e. The van der Waals surface area contributed by atoms with Gasteiger partial charge in [0.25, 0.3) is 0 Å². The fourth-order valence-electron chi connectivity index (χ4n) is 5.21. The third kappa shape index (κ3) is 5.45. The van der Waals surface area contributed by atoms with Crippen molar-refractivity contribution >= 4 is 28.7 Å². The molecular weight excluding hydrogens is 460 g/mol. The van der Waals surface area contributed by atoms with E-state index in [1.54, 1.807) is 6.08 Å². The molecule has 3 aromatic carbocycles. The minimum Gasteiger partial charge on any atom is -0.409 e. The number of ether oxygens (including phenoxy) is 1. The van der Waals surface area contributed by atoms with Gasteiger partial charge < -0.3 is 15.7 Å². The number of benzene rings is 3. The molecule has 2 heterocycles. The molecule has 1 atom stereocenters. The van der Waals surface area contributed by atoms with Crippen LogP contribution in [-0.2, 0) is 11.3 Å². The lowest BCUT2D eigenvalue weighted by molar-refractivity contribution is 0.00928. The lowest BCUT2D eigenvalue weighted by Crippen LogP contribution is -2.44. The van der Waals surface area contributed by atoms with E-state index in [0.29, 0.717) is 0 Å². The molecule has 0 saturated carbocycles. The van der Waals surface area contributed by atoms with Gasteiger partial charge in [-0.05, 0) is 82.9 Å². The average Bonchev–Trinajstić information content (AvgIpc) is 3.39. The zero-order valence-electron chi connectivity index (χ0n) is 21.2. The number of hydrogen-bond donors (Lipinski definition) is 3. The Kier molecular flexibility index (Phi) is 7.68. The summed E-state index contributed by atoms with van der Waals surface area (Å²) >= 11 is 0. The minimum absolute atomic E-state index is 0.0708. The number of rotatable bonds is 7. The van der Waals surface area contributed by atoms with Gasteiger partial charge in [0, 0.05) is 13.2 Å². The van der Waals surface area contributed by atoms with E-state index in [1.807, 2.05) is 6.08 Å². The second kappa shape index (κ2) is 11.5. The number of amidine groups is 1. The average molecular weight is 495 g/mol. The summed E-state index contributed by atoms with van der Waals surface area (Å²) in [6.45, 7) is 3.83. The van der Waals surface area contributed by atoms with Gasteiger partial charge in [-0.3, -0.25) is 5.01 Å². The lowest BCUT2D eigenvalue weighted by atomic mass is 9.87. The molecule has 37 heavy (non-hydrogen) atoms. The number of nitrogens with two attached hydrogens (primary N) is 1. The molecule has 1 unspecified atom stereocenters. The molecule has 6 nitrogen and oxygen atoms in total. The van der Waals surface area contributed by atoms with Gasteiger partial charge >= 0.3 is 0 Å². The molecule has 3 aromatic rings. The predicted molar refractivity (Wildman–Crippen MR) is 151 cm³/mol. The van der Waals surface area contributed by atoms with E-state index in [0.717, 1.165) is 43.5 Å². The highest BCUT2D eigenvalue weighted by molar-refractivity contribution is 5.99. The summed E-state index contributed by atoms with van der Waals surface area (Å²) in [5.41, 5.74) is 18.7. The number of allylic oxidation sites excluding steroid dienone is 1. The monoisotopic (exact) mass is 494 g/mol. The SMILES string of the molecule is CC/C(=C(/c1ccc(/C=C/C(N)=N/O)cc1)c1ccc2c(c1)CNN2C1CCCCO1)c1ccccc1. The molecule has 6 heteroatoms. The van der Waals surface area contributed by atoms with Crippen LogP contribution in [0.2, 0.25) is 0 Å². The largest absolute Gasteiger partial charge is 0.409 e. The van der Waals surface area contributed by atoms with Crippen LogP contribution >= 0.6 is 0 Å². The Labute approximate surface area is 218 Å². The van der Waals surface area contributed by atoms with Crippen LogP contribution in [0.1, 0.15) is 60.4 Å². The Morgan fingerprint density at radius 2 is 1.84 bits per heavy atom. The van der Waals surface area contributed by atoms with Crippen LogP contribution in [0.15, 0.2) is 84.0 Å². The van der Waals surface area contributed by atoms with E-state index in [4.69, 9.17) is 15.7 Å². The van der Waals surface area contributed by atoms with Crippen molar-refractivity contribution in [1.82, 2.24) is 5.43 Å². The first kappa shape index (κ1) is 24.8. The molecule has 0 aliphatic carbocycles. The highest BCUT2D eigenvalue weighted by Gasteiger charge is 2.28. The molecule has 2 aliphatic heterocycles. The van der Waals surface area contributed by atoms with Gasteiger partial charge in [0.1, 0.15) is 6.23 Å². The van der Waals surface area contributed by atoms with Crippen molar-refractivity contribution in [1.29, 1.82) is 0 Å². The molecular formula is C31H34N4O2. The van der Waals surface area contributed by atoms with Crippen LogP contribution in [0.3, 0.4) is 0 Å². The molecule has 1 saturated heterocycles. The quantitative estimate of drug-likeness (QED) is 0.120. The standard InChI is InChI=1S/C31H34N4O2/c1-2-27(23-8-4-3-5-9-23)31(24-14-11-22(12-15-24)13-18-29(32)34-36)25-16-17-28-26(20-25)21-33-35(28)30-10-6-7-19-37-30/h3-5,8-9,11-18,20,30,33,36H,2,6-7,10,19,21H2,1H3,(H2,32,34)/b18-13+,31-27+. The fourth-order valence-corrected chi connectivity index (χ4v) is 5.21. The molecule has 5 rings (SSSR count). The number of anilines is 1. The fraction of sp³-hybridized carbons (Fsp3) is 0.258. The molecule has 0 radical (unpaired) electrons. The van der Waals surface area contributed by atoms with Crippen molar-refractivity contribution in [2.45, 2.75) is 45.4 Å². The van der Waals surface area contributed by atoms with E-state index in [2.05, 4.69) is 95.3 Å². The summed E-state index contributed by atoms with van der Waals surface area (Å²) in [4.78, 5) is 0. The zero-order chi connectivity index (χ0) is 25.6. The van der Waals surface area contributed by atoms with Crippen LogP contribution in [0.4, 0.5) is 5.69 Å². The van der Waals surface area contributed by atoms with Crippen molar-refractivity contribution in [2.75, 3.05) is 11.6 Å². The smallest absolute Gasteiger partial charge is 0.162 e. The topological polar surface area (TPSA) is 83.1 Å². The number of nitrogens with zero attached hydrogens (tertiary/aromatic N) is 2. The van der Waals surface area contributed by atoms with E-state index >= 15 is 0 Å². The summed E-state index contributed by atoms with van der Waals surface area (Å²) in [5, 5.41) is 14.0. The first-order chi connectivity index (χ1) is 18.2. The number of hydrazine groups is 1. The first-order valence-electron chi connectivity index (χ1n) is 13.0. The molecule has 0 aromatic heterocycles. The van der Waals surface area contributed by atoms with Crippen molar-refractivity contribution < 1.29 is 9.94 Å². The van der Waals surface area contributed by atoms with Crippen molar-refractivity contribution in [3.63, 3.8) is 0 Å². The summed E-state index contributed by atoms with van der Waals surface area (Å²) in [7, 11) is 0. The molecule has 0 bridgehead atoms. The molecule has 1 fully saturated rings. The number of oxime groups is 1. The third-order valence-corrected chi connectivity index (χ3v) is 7.05. The van der Waals surface area contributed by atoms with Crippen molar-refractivity contribution in [3.05, 3.63) is 107 Å². The van der Waals surface area contributed by atoms with Crippen LogP contribution in [0.25, 0.3) is 17.2 Å². The molecule has 0 amide bonds. The second-order valence-corrected chi connectivity index (χ2v) is 9.42. The summed E-state index contributed by atoms with van der Waals surface area (Å²) in [6.07, 6.45) is 7.81. The Hall–Kier alpha value is -3.87. The Bertz CT molecular complexity index is 1310. The van der Waals surface area contributed by atoms with E-state index in [1.165, 1.54) is 39.9 Å². The zero-order valence-corrected chi connectivity index (χ0v) is 21.2.